The third-order valence-corrected chi connectivity index (χ3v) is 12.0. The van der Waals surface area contributed by atoms with E-state index in [2.05, 4.69) is 170 Å². The molecule has 0 nitrogen and oxygen atoms in total. The first kappa shape index (κ1) is 26.4. The number of hydrogen-bond acceptors (Lipinski definition) is 1. The van der Waals surface area contributed by atoms with Crippen LogP contribution in [0.2, 0.25) is 0 Å². The Morgan fingerprint density at radius 1 is 0.312 bits per heavy atom. The van der Waals surface area contributed by atoms with Gasteiger partial charge in [-0.15, -0.1) is 0 Å². The van der Waals surface area contributed by atoms with E-state index >= 15 is 0 Å². The molecule has 2 aliphatic carbocycles. The van der Waals surface area contributed by atoms with Gasteiger partial charge in [-0.1, -0.05) is 157 Å². The van der Waals surface area contributed by atoms with E-state index < -0.39 is 0 Å². The second-order valence-corrected chi connectivity index (χ2v) is 14.2. The van der Waals surface area contributed by atoms with Crippen LogP contribution in [0.1, 0.15) is 22.3 Å². The van der Waals surface area contributed by atoms with Crippen molar-refractivity contribution in [2.75, 3.05) is 0 Å². The Hall–Kier alpha value is -5.63. The maximum Gasteiger partial charge on any atom is 0.0725 e. The van der Waals surface area contributed by atoms with Crippen LogP contribution in [-0.4, -0.2) is 0 Å². The van der Waals surface area contributed by atoms with Crippen molar-refractivity contribution in [3.05, 3.63) is 192 Å². The number of benzene rings is 8. The summed E-state index contributed by atoms with van der Waals surface area (Å²) in [5.41, 5.74) is 18.2. The lowest BCUT2D eigenvalue weighted by atomic mass is 9.70. The molecule has 222 valence electrons. The normalized spacial score (nSPS) is 13.9. The molecule has 0 bridgehead atoms. The van der Waals surface area contributed by atoms with Gasteiger partial charge in [-0.25, -0.2) is 0 Å². The van der Waals surface area contributed by atoms with Gasteiger partial charge in [0.25, 0.3) is 0 Å². The minimum absolute atomic E-state index is 0.348. The summed E-state index contributed by atoms with van der Waals surface area (Å²) in [7, 11) is 0. The van der Waals surface area contributed by atoms with Crippen LogP contribution in [0.4, 0.5) is 0 Å². The highest BCUT2D eigenvalue weighted by molar-refractivity contribution is 7.99. The Labute approximate surface area is 284 Å². The zero-order chi connectivity index (χ0) is 31.4. The third-order valence-electron chi connectivity index (χ3n) is 10.9. The molecular weight excluding hydrogens is 597 g/mol. The van der Waals surface area contributed by atoms with Crippen molar-refractivity contribution in [1.82, 2.24) is 0 Å². The zero-order valence-corrected chi connectivity index (χ0v) is 26.9. The molecule has 0 saturated carbocycles. The van der Waals surface area contributed by atoms with Crippen molar-refractivity contribution in [1.29, 1.82) is 0 Å². The van der Waals surface area contributed by atoms with E-state index in [-0.39, 0.29) is 5.41 Å². The van der Waals surface area contributed by atoms with E-state index in [1.807, 2.05) is 11.8 Å². The molecule has 1 heteroatoms. The standard InChI is InChI=1S/C47H28S/c1-2-14-33(32(13-1)30-24-26-44-39(27-30)38-18-9-11-29-12-10-22-45(48-44)46(29)38)31-23-25-37-36-17-5-8-21-42(36)47(43(37)28-31)40-19-6-3-15-34(40)35-16-4-7-20-41(35)47/h1-28H. The van der Waals surface area contributed by atoms with Gasteiger partial charge in [-0.05, 0) is 108 Å². The van der Waals surface area contributed by atoms with Crippen molar-refractivity contribution in [2.24, 2.45) is 0 Å². The Bertz CT molecular complexity index is 2590. The Kier molecular flexibility index (Phi) is 5.34. The molecule has 0 fully saturated rings. The Balaban J connectivity index is 1.13. The van der Waals surface area contributed by atoms with Crippen molar-refractivity contribution >= 4 is 22.5 Å². The minimum atomic E-state index is -0.348. The molecule has 0 N–H and O–H groups in total. The largest absolute Gasteiger partial charge is 0.0888 e. The molecule has 1 spiro atoms. The summed E-state index contributed by atoms with van der Waals surface area (Å²) in [5.74, 6) is 0. The van der Waals surface area contributed by atoms with E-state index in [1.54, 1.807) is 0 Å². The highest BCUT2D eigenvalue weighted by atomic mass is 32.2. The summed E-state index contributed by atoms with van der Waals surface area (Å²) >= 11 is 1.89. The first-order valence-electron chi connectivity index (χ1n) is 16.7. The Morgan fingerprint density at radius 3 is 1.46 bits per heavy atom. The smallest absolute Gasteiger partial charge is 0.0725 e. The van der Waals surface area contributed by atoms with Crippen LogP contribution in [0.15, 0.2) is 180 Å². The van der Waals surface area contributed by atoms with Gasteiger partial charge in [0.2, 0.25) is 0 Å². The fourth-order valence-corrected chi connectivity index (χ4v) is 10.1. The molecule has 1 heterocycles. The fraction of sp³-hybridized carbons (Fsp3) is 0.0213. The Morgan fingerprint density at radius 2 is 0.812 bits per heavy atom. The summed E-state index contributed by atoms with van der Waals surface area (Å²) < 4.78 is 0. The van der Waals surface area contributed by atoms with Crippen LogP contribution in [0.5, 0.6) is 0 Å². The fourth-order valence-electron chi connectivity index (χ4n) is 8.98. The second-order valence-electron chi connectivity index (χ2n) is 13.2. The summed E-state index contributed by atoms with van der Waals surface area (Å²) in [6.45, 7) is 0. The molecule has 0 amide bonds. The molecule has 11 rings (SSSR count). The number of rotatable bonds is 2. The van der Waals surface area contributed by atoms with Gasteiger partial charge in [0.05, 0.1) is 5.41 Å². The van der Waals surface area contributed by atoms with Crippen LogP contribution in [0.25, 0.3) is 66.4 Å². The quantitative estimate of drug-likeness (QED) is 0.184. The molecule has 0 aromatic heterocycles. The summed E-state index contributed by atoms with van der Waals surface area (Å²) in [6.07, 6.45) is 0. The van der Waals surface area contributed by atoms with Crippen molar-refractivity contribution in [3.63, 3.8) is 0 Å². The van der Waals surface area contributed by atoms with E-state index in [4.69, 9.17) is 0 Å². The highest BCUT2D eigenvalue weighted by Crippen LogP contribution is 2.63. The average Bonchev–Trinajstić information content (AvgIpc) is 3.62. The van der Waals surface area contributed by atoms with E-state index in [0.717, 1.165) is 0 Å². The van der Waals surface area contributed by atoms with Gasteiger partial charge in [0.15, 0.2) is 0 Å². The van der Waals surface area contributed by atoms with Gasteiger partial charge in [0, 0.05) is 15.2 Å². The van der Waals surface area contributed by atoms with Gasteiger partial charge in [0.1, 0.15) is 0 Å². The molecule has 3 aliphatic rings. The minimum Gasteiger partial charge on any atom is -0.0888 e. The van der Waals surface area contributed by atoms with Gasteiger partial charge in [-0.3, -0.25) is 0 Å². The number of hydrogen-bond donors (Lipinski definition) is 0. The first-order chi connectivity index (χ1) is 23.8. The molecule has 0 unspecified atom stereocenters. The zero-order valence-electron chi connectivity index (χ0n) is 26.1. The van der Waals surface area contributed by atoms with Crippen molar-refractivity contribution in [2.45, 2.75) is 15.2 Å². The topological polar surface area (TPSA) is 0 Å². The van der Waals surface area contributed by atoms with Crippen molar-refractivity contribution in [3.8, 4) is 55.6 Å². The van der Waals surface area contributed by atoms with Gasteiger partial charge >= 0.3 is 0 Å². The van der Waals surface area contributed by atoms with Crippen LogP contribution < -0.4 is 0 Å². The first-order valence-corrected chi connectivity index (χ1v) is 17.5. The maximum atomic E-state index is 2.50. The van der Waals surface area contributed by atoms with Crippen LogP contribution in [0, 0.1) is 0 Å². The van der Waals surface area contributed by atoms with Crippen LogP contribution in [0.3, 0.4) is 0 Å². The molecule has 8 aromatic rings. The van der Waals surface area contributed by atoms with Gasteiger partial charge < -0.3 is 0 Å². The lowest BCUT2D eigenvalue weighted by Gasteiger charge is -2.30. The molecule has 8 aromatic carbocycles. The monoisotopic (exact) mass is 624 g/mol. The maximum absolute atomic E-state index is 2.50. The van der Waals surface area contributed by atoms with E-state index in [0.29, 0.717) is 0 Å². The van der Waals surface area contributed by atoms with Crippen LogP contribution in [-0.2, 0) is 5.41 Å². The van der Waals surface area contributed by atoms with E-state index in [9.17, 15) is 0 Å². The SMILES string of the molecule is c1ccc(-c2ccc3c(c2)C2(c4ccccc4-c4ccccc42)c2ccccc2-3)c(-c2ccc3c(c2)-c2cccc4cccc(c24)S3)c1. The predicted molar refractivity (Wildman–Crippen MR) is 201 cm³/mol. The van der Waals surface area contributed by atoms with Crippen molar-refractivity contribution < 1.29 is 0 Å². The third kappa shape index (κ3) is 3.36. The second kappa shape index (κ2) is 9.70. The summed E-state index contributed by atoms with van der Waals surface area (Å²) in [4.78, 5) is 2.66. The van der Waals surface area contributed by atoms with Crippen LogP contribution >= 0.6 is 11.8 Å². The molecule has 48 heavy (non-hydrogen) atoms. The lowest BCUT2D eigenvalue weighted by molar-refractivity contribution is 0.794. The molecule has 0 saturated heterocycles. The molecule has 0 atom stereocenters. The van der Waals surface area contributed by atoms with Gasteiger partial charge in [-0.2, -0.15) is 0 Å². The predicted octanol–water partition coefficient (Wildman–Crippen LogP) is 12.6. The molecule has 1 aliphatic heterocycles. The number of fused-ring (bicyclic) bond motifs is 12. The average molecular weight is 625 g/mol. The summed E-state index contributed by atoms with van der Waals surface area (Å²) in [5, 5.41) is 2.67. The summed E-state index contributed by atoms with van der Waals surface area (Å²) in [6, 6.07) is 63.7. The molecule has 0 radical (unpaired) electrons. The van der Waals surface area contributed by atoms with E-state index in [1.165, 1.54) is 98.5 Å². The highest BCUT2D eigenvalue weighted by Gasteiger charge is 2.51. The lowest BCUT2D eigenvalue weighted by Crippen LogP contribution is -2.25. The molecular formula is C47H28S.